The van der Waals surface area contributed by atoms with Gasteiger partial charge in [-0.15, -0.1) is 0 Å². The summed E-state index contributed by atoms with van der Waals surface area (Å²) in [7, 11) is 0. The van der Waals surface area contributed by atoms with Gasteiger partial charge in [-0.25, -0.2) is 0 Å². The molecule has 0 heterocycles. The molecule has 0 aliphatic carbocycles. The first-order valence-electron chi connectivity index (χ1n) is 5.13. The Morgan fingerprint density at radius 3 is 2.69 bits per heavy atom. The SMILES string of the molecule is [2H]c1[13cH]c(O)[13cH]c([2H])[13c]1[13C@@H]([2H])[13C@H]([15NH2])[13C](=O)O. The minimum atomic E-state index is -1.50. The summed E-state index contributed by atoms with van der Waals surface area (Å²) in [6, 6.07) is 0.0635. The van der Waals surface area contributed by atoms with Gasteiger partial charge in [-0.05, 0) is 24.1 Å². The third-order valence-electron chi connectivity index (χ3n) is 1.38. The number of carbonyl (C=O) groups is 1. The molecule has 0 aromatic heterocycles. The van der Waals surface area contributed by atoms with Gasteiger partial charge in [0.1, 0.15) is 11.8 Å². The molecule has 2 atom stereocenters. The first-order chi connectivity index (χ1) is 7.34. The van der Waals surface area contributed by atoms with E-state index in [1.807, 2.05) is 0 Å². The Morgan fingerprint density at radius 1 is 1.69 bits per heavy atom. The summed E-state index contributed by atoms with van der Waals surface area (Å²) < 4.78 is 22.5. The van der Waals surface area contributed by atoms with Crippen LogP contribution in [0, 0.1) is 0 Å². The zero-order chi connectivity index (χ0) is 12.5. The van der Waals surface area contributed by atoms with Gasteiger partial charge in [0.25, 0.3) is 0 Å². The maximum absolute atomic E-state index is 10.6. The molecule has 70 valence electrons. The van der Waals surface area contributed by atoms with Gasteiger partial charge in [-0.1, -0.05) is 12.1 Å². The number of rotatable bonds is 3. The monoisotopic (exact) mass is 191 g/mol. The van der Waals surface area contributed by atoms with Gasteiger partial charge in [0.05, 0.1) is 2.74 Å². The van der Waals surface area contributed by atoms with Crippen molar-refractivity contribution in [3.8, 4) is 5.75 Å². The molecule has 0 unspecified atom stereocenters. The van der Waals surface area contributed by atoms with Crippen molar-refractivity contribution in [1.82, 2.24) is 0 Å². The highest BCUT2D eigenvalue weighted by Crippen LogP contribution is 2.10. The van der Waals surface area contributed by atoms with Crippen LogP contribution in [0.2, 0.25) is 0 Å². The molecule has 0 aliphatic heterocycles. The summed E-state index contributed by atoms with van der Waals surface area (Å²) in [6.07, 6.45) is -1.40. The Bertz CT molecular complexity index is 401. The first-order valence-corrected chi connectivity index (χ1v) is 3.55. The third-order valence-corrected chi connectivity index (χ3v) is 1.38. The van der Waals surface area contributed by atoms with Crippen LogP contribution in [0.4, 0.5) is 0 Å². The average Bonchev–Trinajstić information content (AvgIpc) is 2.14. The molecule has 4 nitrogen and oxygen atoms in total. The second-order valence-corrected chi connectivity index (χ2v) is 2.45. The van der Waals surface area contributed by atoms with E-state index < -0.39 is 18.4 Å². The Hall–Kier alpha value is -1.55. The van der Waals surface area contributed by atoms with E-state index in [-0.39, 0.29) is 23.4 Å². The highest BCUT2D eigenvalue weighted by atomic mass is 16.5. The van der Waals surface area contributed by atoms with Crippen LogP contribution in [0.5, 0.6) is 5.75 Å². The average molecular weight is 191 g/mol. The zero-order valence-electron chi connectivity index (χ0n) is 9.69. The minimum Gasteiger partial charge on any atom is -0.508 e. The molecule has 0 bridgehead atoms. The predicted molar refractivity (Wildman–Crippen MR) is 47.4 cm³/mol. The molecule has 1 aromatic rings. The molecule has 13 heavy (non-hydrogen) atoms. The highest BCUT2D eigenvalue weighted by Gasteiger charge is 2.11. The van der Waals surface area contributed by atoms with Gasteiger partial charge in [-0.3, -0.25) is 4.79 Å². The number of carboxylic acid groups (broad SMARTS) is 1. The smallest absolute Gasteiger partial charge is 0.320 e. The van der Waals surface area contributed by atoms with Crippen molar-refractivity contribution in [2.24, 2.45) is 5.73 Å². The van der Waals surface area contributed by atoms with Gasteiger partial charge >= 0.3 is 5.97 Å². The fourth-order valence-corrected chi connectivity index (χ4v) is 0.734. The zero-order valence-corrected chi connectivity index (χ0v) is 6.69. The number of hydrogen-bond acceptors (Lipinski definition) is 3. The Labute approximate surface area is 79.8 Å². The molecule has 4 N–H and O–H groups in total. The van der Waals surface area contributed by atoms with E-state index in [2.05, 4.69) is 0 Å². The number of carboxylic acids is 1. The number of hydrogen-bond donors (Lipinski definition) is 3. The van der Waals surface area contributed by atoms with Crippen LogP contribution in [0.15, 0.2) is 24.2 Å². The molecular weight excluding hydrogens is 177 g/mol. The second-order valence-electron chi connectivity index (χ2n) is 2.45. The van der Waals surface area contributed by atoms with E-state index >= 15 is 0 Å². The van der Waals surface area contributed by atoms with Crippen molar-refractivity contribution in [3.63, 3.8) is 0 Å². The summed E-state index contributed by atoms with van der Waals surface area (Å²) in [6.45, 7) is 0. The minimum absolute atomic E-state index is 0.104. The Morgan fingerprint density at radius 2 is 2.23 bits per heavy atom. The molecule has 4 heteroatoms. The van der Waals surface area contributed by atoms with Crippen molar-refractivity contribution < 1.29 is 19.1 Å². The molecule has 1 rings (SSSR count). The van der Waals surface area contributed by atoms with Crippen LogP contribution in [0.1, 0.15) is 9.68 Å². The van der Waals surface area contributed by atoms with E-state index in [1.54, 1.807) is 0 Å². The summed E-state index contributed by atoms with van der Waals surface area (Å²) in [5, 5.41) is 17.7. The molecule has 0 saturated carbocycles. The number of benzene rings is 1. The molecular formula is C9H11NO3. The van der Waals surface area contributed by atoms with Gasteiger partial charge in [0.2, 0.25) is 0 Å². The molecule has 0 fully saturated rings. The van der Waals surface area contributed by atoms with E-state index in [9.17, 15) is 4.79 Å². The summed E-state index contributed by atoms with van der Waals surface area (Å²) in [5.41, 5.74) is 5.15. The van der Waals surface area contributed by atoms with Gasteiger partial charge in [-0.2, -0.15) is 0 Å². The maximum atomic E-state index is 10.6. The van der Waals surface area contributed by atoms with Crippen LogP contribution in [0.25, 0.3) is 0 Å². The summed E-state index contributed by atoms with van der Waals surface area (Å²) >= 11 is 0. The van der Waals surface area contributed by atoms with Crippen LogP contribution in [-0.2, 0) is 11.2 Å². The lowest BCUT2D eigenvalue weighted by molar-refractivity contribution is -0.138. The van der Waals surface area contributed by atoms with Crippen LogP contribution in [0.3, 0.4) is 0 Å². The number of phenols is 1. The van der Waals surface area contributed by atoms with E-state index in [0.29, 0.717) is 0 Å². The topological polar surface area (TPSA) is 83.5 Å². The normalized spacial score (nSPS) is 18.1. The summed E-state index contributed by atoms with van der Waals surface area (Å²) in [5.74, 6) is -1.64. The van der Waals surface area contributed by atoms with Crippen molar-refractivity contribution in [2.75, 3.05) is 0 Å². The van der Waals surface area contributed by atoms with E-state index in [1.165, 1.54) is 0 Å². The van der Waals surface area contributed by atoms with E-state index in [0.717, 1.165) is 12.1 Å². The van der Waals surface area contributed by atoms with Crippen molar-refractivity contribution in [2.45, 2.75) is 12.4 Å². The number of aliphatic carboxylic acids is 1. The van der Waals surface area contributed by atoms with Crippen LogP contribution in [-0.4, -0.2) is 22.2 Å². The lowest BCUT2D eigenvalue weighted by Gasteiger charge is -2.05. The third kappa shape index (κ3) is 2.76. The fraction of sp³-hybridized carbons (Fsp3) is 0.222. The highest BCUT2D eigenvalue weighted by molar-refractivity contribution is 5.73. The standard InChI is InChI=1S/C9H11NO3/c10-8(9(12)13)5-6-1-3-7(11)4-2-6/h1-4,8,11H,5,10H2,(H,12,13)/t8-/m0/s1/i1D,2D,3+1,4+1,5+1D,6+1,8+1,9+1,10+1/t5-,8+/m1. The Balaban J connectivity index is 3.18. The fourth-order valence-electron chi connectivity index (χ4n) is 0.734. The molecule has 0 spiro atoms. The number of phenolic OH excluding ortho intramolecular Hbond substituents is 1. The van der Waals surface area contributed by atoms with Crippen LogP contribution < -0.4 is 5.73 Å². The lowest BCUT2D eigenvalue weighted by atomic mass is 10.7. The summed E-state index contributed by atoms with van der Waals surface area (Å²) in [4.78, 5) is 10.6. The van der Waals surface area contributed by atoms with E-state index in [4.69, 9.17) is 20.1 Å². The van der Waals surface area contributed by atoms with Gasteiger partial charge in [0, 0.05) is 1.37 Å². The lowest BCUT2D eigenvalue weighted by Crippen LogP contribution is -2.32. The maximum Gasteiger partial charge on any atom is 0.320 e. The van der Waals surface area contributed by atoms with Crippen molar-refractivity contribution >= 4 is 5.97 Å². The number of nitrogens with two attached hydrogens (primary N) is 1. The molecule has 0 radical (unpaired) electrons. The predicted octanol–water partition coefficient (Wildman–Crippen LogP) is 0.347. The molecule has 0 aliphatic rings. The first kappa shape index (κ1) is 5.99. The molecule has 0 saturated heterocycles. The number of aromatic hydroxyl groups is 1. The molecule has 1 aromatic carbocycles. The van der Waals surface area contributed by atoms with Gasteiger partial charge < -0.3 is 15.9 Å². The largest absolute Gasteiger partial charge is 0.508 e. The quantitative estimate of drug-likeness (QED) is 0.475. The molecule has 0 amide bonds. The van der Waals surface area contributed by atoms with Crippen molar-refractivity contribution in [1.29, 1.82) is 0 Å². The van der Waals surface area contributed by atoms with Crippen LogP contribution >= 0.6 is 0 Å². The van der Waals surface area contributed by atoms with Crippen molar-refractivity contribution in [3.05, 3.63) is 29.8 Å². The Kier molecular flexibility index (Phi) is 1.80. The second kappa shape index (κ2) is 3.91. The van der Waals surface area contributed by atoms with Gasteiger partial charge in [0.15, 0.2) is 0 Å².